The molecule has 5 nitrogen and oxygen atoms in total. The molecular weight excluding hydrogens is 262 g/mol. The Morgan fingerprint density at radius 1 is 1.53 bits per heavy atom. The Kier molecular flexibility index (Phi) is 4.21. The lowest BCUT2D eigenvalue weighted by Gasteiger charge is -2.12. The normalized spacial score (nSPS) is 12.3. The van der Waals surface area contributed by atoms with Crippen LogP contribution in [0.3, 0.4) is 0 Å². The van der Waals surface area contributed by atoms with Crippen LogP contribution in [0.4, 0.5) is 5.95 Å². The van der Waals surface area contributed by atoms with Crippen LogP contribution in [0.1, 0.15) is 17.3 Å². The summed E-state index contributed by atoms with van der Waals surface area (Å²) in [4.78, 5) is 19.5. The van der Waals surface area contributed by atoms with Crippen molar-refractivity contribution in [2.24, 2.45) is 0 Å². The lowest BCUT2D eigenvalue weighted by molar-refractivity contribution is 0.0697. The second-order valence-electron chi connectivity index (χ2n) is 4.27. The SMILES string of the molecule is CSCC(C)Nc1ncc2cc(C(=O)O)ccc2n1. The van der Waals surface area contributed by atoms with Gasteiger partial charge in [-0.1, -0.05) is 0 Å². The van der Waals surface area contributed by atoms with Crippen molar-refractivity contribution in [3.8, 4) is 0 Å². The molecule has 0 saturated carbocycles. The molecule has 1 unspecified atom stereocenters. The second kappa shape index (κ2) is 5.88. The molecule has 2 N–H and O–H groups in total. The summed E-state index contributed by atoms with van der Waals surface area (Å²) in [6.07, 6.45) is 3.69. The average Bonchev–Trinajstić information content (AvgIpc) is 2.38. The first-order valence-corrected chi connectivity index (χ1v) is 7.25. The van der Waals surface area contributed by atoms with Crippen molar-refractivity contribution < 1.29 is 9.90 Å². The fourth-order valence-electron chi connectivity index (χ4n) is 1.75. The average molecular weight is 277 g/mol. The van der Waals surface area contributed by atoms with Crippen LogP contribution in [0.2, 0.25) is 0 Å². The summed E-state index contributed by atoms with van der Waals surface area (Å²) < 4.78 is 0. The van der Waals surface area contributed by atoms with E-state index >= 15 is 0 Å². The summed E-state index contributed by atoms with van der Waals surface area (Å²) in [7, 11) is 0. The third kappa shape index (κ3) is 3.35. The molecule has 0 saturated heterocycles. The number of aromatic nitrogens is 2. The number of nitrogens with one attached hydrogen (secondary N) is 1. The third-order valence-electron chi connectivity index (χ3n) is 2.62. The molecule has 1 aromatic heterocycles. The fraction of sp³-hybridized carbons (Fsp3) is 0.308. The Balaban J connectivity index is 2.26. The summed E-state index contributed by atoms with van der Waals surface area (Å²) in [6.45, 7) is 2.07. The molecule has 0 fully saturated rings. The minimum atomic E-state index is -0.947. The number of anilines is 1. The van der Waals surface area contributed by atoms with Crippen molar-refractivity contribution in [1.82, 2.24) is 9.97 Å². The van der Waals surface area contributed by atoms with E-state index in [9.17, 15) is 4.79 Å². The molecule has 2 rings (SSSR count). The van der Waals surface area contributed by atoms with Gasteiger partial charge in [0.05, 0.1) is 11.1 Å². The highest BCUT2D eigenvalue weighted by Crippen LogP contribution is 2.15. The van der Waals surface area contributed by atoms with Gasteiger partial charge in [-0.15, -0.1) is 0 Å². The molecule has 0 radical (unpaired) electrons. The number of carboxylic acids is 1. The van der Waals surface area contributed by atoms with Crippen molar-refractivity contribution in [1.29, 1.82) is 0 Å². The standard InChI is InChI=1S/C13H15N3O2S/c1-8(7-19-2)15-13-14-6-10-5-9(12(17)18)3-4-11(10)16-13/h3-6,8H,7H2,1-2H3,(H,17,18)(H,14,15,16). The Labute approximate surface area is 115 Å². The number of carboxylic acid groups (broad SMARTS) is 1. The first-order valence-electron chi connectivity index (χ1n) is 5.85. The molecular formula is C13H15N3O2S. The summed E-state index contributed by atoms with van der Waals surface area (Å²) in [5.41, 5.74) is 0.978. The zero-order valence-electron chi connectivity index (χ0n) is 10.8. The van der Waals surface area contributed by atoms with E-state index in [-0.39, 0.29) is 11.6 Å². The van der Waals surface area contributed by atoms with E-state index in [0.29, 0.717) is 5.95 Å². The molecule has 0 amide bonds. The van der Waals surface area contributed by atoms with Gasteiger partial charge in [-0.25, -0.2) is 14.8 Å². The van der Waals surface area contributed by atoms with Crippen molar-refractivity contribution in [2.45, 2.75) is 13.0 Å². The van der Waals surface area contributed by atoms with Gasteiger partial charge in [-0.3, -0.25) is 0 Å². The van der Waals surface area contributed by atoms with Gasteiger partial charge >= 0.3 is 5.97 Å². The number of thioether (sulfide) groups is 1. The highest BCUT2D eigenvalue weighted by Gasteiger charge is 2.07. The number of rotatable bonds is 5. The molecule has 2 aromatic rings. The number of carbonyl (C=O) groups is 1. The lowest BCUT2D eigenvalue weighted by Crippen LogP contribution is -2.19. The van der Waals surface area contributed by atoms with Crippen molar-refractivity contribution >= 4 is 34.6 Å². The predicted molar refractivity (Wildman–Crippen MR) is 78.0 cm³/mol. The molecule has 19 heavy (non-hydrogen) atoms. The number of hydrogen-bond donors (Lipinski definition) is 2. The first kappa shape index (κ1) is 13.6. The van der Waals surface area contributed by atoms with E-state index in [1.807, 2.05) is 6.26 Å². The molecule has 0 spiro atoms. The van der Waals surface area contributed by atoms with Gasteiger partial charge in [-0.2, -0.15) is 11.8 Å². The van der Waals surface area contributed by atoms with Gasteiger partial charge < -0.3 is 10.4 Å². The fourth-order valence-corrected chi connectivity index (χ4v) is 2.33. The van der Waals surface area contributed by atoms with E-state index in [2.05, 4.69) is 22.2 Å². The Morgan fingerprint density at radius 2 is 2.32 bits per heavy atom. The molecule has 0 bridgehead atoms. The minimum absolute atomic E-state index is 0.243. The van der Waals surface area contributed by atoms with E-state index in [4.69, 9.17) is 5.11 Å². The van der Waals surface area contributed by atoms with Crippen LogP contribution < -0.4 is 5.32 Å². The summed E-state index contributed by atoms with van der Waals surface area (Å²) in [5, 5.41) is 12.9. The van der Waals surface area contributed by atoms with Crippen LogP contribution in [-0.4, -0.2) is 39.1 Å². The van der Waals surface area contributed by atoms with Gasteiger partial charge in [0.25, 0.3) is 0 Å². The van der Waals surface area contributed by atoms with Gasteiger partial charge in [0.2, 0.25) is 5.95 Å². The van der Waals surface area contributed by atoms with E-state index in [1.54, 1.807) is 36.2 Å². The third-order valence-corrected chi connectivity index (χ3v) is 3.45. The lowest BCUT2D eigenvalue weighted by atomic mass is 10.1. The summed E-state index contributed by atoms with van der Waals surface area (Å²) >= 11 is 1.75. The number of fused-ring (bicyclic) bond motifs is 1. The minimum Gasteiger partial charge on any atom is -0.478 e. The van der Waals surface area contributed by atoms with Crippen molar-refractivity contribution in [3.63, 3.8) is 0 Å². The second-order valence-corrected chi connectivity index (χ2v) is 5.18. The summed E-state index contributed by atoms with van der Waals surface area (Å²) in [6, 6.07) is 5.11. The molecule has 0 aliphatic heterocycles. The Morgan fingerprint density at radius 3 is 3.00 bits per heavy atom. The number of nitrogens with zero attached hydrogens (tertiary/aromatic N) is 2. The Hall–Kier alpha value is -1.82. The van der Waals surface area contributed by atoms with E-state index in [0.717, 1.165) is 16.7 Å². The maximum absolute atomic E-state index is 10.9. The van der Waals surface area contributed by atoms with Gasteiger partial charge in [0, 0.05) is 23.4 Å². The summed E-state index contributed by atoms with van der Waals surface area (Å²) in [5.74, 6) is 0.592. The maximum atomic E-state index is 10.9. The molecule has 6 heteroatoms. The first-order chi connectivity index (χ1) is 9.10. The largest absolute Gasteiger partial charge is 0.478 e. The molecule has 0 aliphatic carbocycles. The van der Waals surface area contributed by atoms with Gasteiger partial charge in [-0.05, 0) is 31.4 Å². The van der Waals surface area contributed by atoms with E-state index in [1.165, 1.54) is 0 Å². The molecule has 0 aliphatic rings. The van der Waals surface area contributed by atoms with Crippen LogP contribution in [0.15, 0.2) is 24.4 Å². The van der Waals surface area contributed by atoms with Gasteiger partial charge in [0.1, 0.15) is 0 Å². The monoisotopic (exact) mass is 277 g/mol. The molecule has 1 atom stereocenters. The molecule has 1 aromatic carbocycles. The number of hydrogen-bond acceptors (Lipinski definition) is 5. The Bertz CT molecular complexity index is 603. The zero-order valence-corrected chi connectivity index (χ0v) is 11.6. The quantitative estimate of drug-likeness (QED) is 0.874. The highest BCUT2D eigenvalue weighted by molar-refractivity contribution is 7.98. The van der Waals surface area contributed by atoms with Crippen LogP contribution in [0.25, 0.3) is 10.9 Å². The van der Waals surface area contributed by atoms with Crippen molar-refractivity contribution in [2.75, 3.05) is 17.3 Å². The molecule has 1 heterocycles. The number of aromatic carboxylic acids is 1. The highest BCUT2D eigenvalue weighted by atomic mass is 32.2. The van der Waals surface area contributed by atoms with Crippen LogP contribution in [0, 0.1) is 0 Å². The predicted octanol–water partition coefficient (Wildman–Crippen LogP) is 2.49. The van der Waals surface area contributed by atoms with E-state index < -0.39 is 5.97 Å². The zero-order chi connectivity index (χ0) is 13.8. The topological polar surface area (TPSA) is 75.1 Å². The molecule has 100 valence electrons. The smallest absolute Gasteiger partial charge is 0.335 e. The van der Waals surface area contributed by atoms with Crippen LogP contribution in [0.5, 0.6) is 0 Å². The van der Waals surface area contributed by atoms with Gasteiger partial charge in [0.15, 0.2) is 0 Å². The van der Waals surface area contributed by atoms with Crippen LogP contribution >= 0.6 is 11.8 Å². The van der Waals surface area contributed by atoms with Crippen molar-refractivity contribution in [3.05, 3.63) is 30.0 Å². The van der Waals surface area contributed by atoms with Crippen LogP contribution in [-0.2, 0) is 0 Å². The number of benzene rings is 1. The maximum Gasteiger partial charge on any atom is 0.335 e.